The van der Waals surface area contributed by atoms with E-state index >= 15 is 0 Å². The molecule has 2 N–H and O–H groups in total. The number of amides is 1. The Bertz CT molecular complexity index is 210. The van der Waals surface area contributed by atoms with Crippen LogP contribution in [0.3, 0.4) is 0 Å². The first-order valence-corrected chi connectivity index (χ1v) is 3.86. The van der Waals surface area contributed by atoms with Crippen LogP contribution in [0.1, 0.15) is 12.8 Å². The molecule has 6 heteroatoms. The molecule has 1 rings (SSSR count). The Morgan fingerprint density at radius 1 is 1.46 bits per heavy atom. The minimum Gasteiger partial charge on any atom is -0.396 e. The monoisotopic (exact) mass is 197 g/mol. The summed E-state index contributed by atoms with van der Waals surface area (Å²) in [4.78, 5) is 10.3. The summed E-state index contributed by atoms with van der Waals surface area (Å²) in [6.07, 6.45) is -3.49. The van der Waals surface area contributed by atoms with Gasteiger partial charge in [-0.1, -0.05) is 0 Å². The van der Waals surface area contributed by atoms with Crippen molar-refractivity contribution in [2.24, 2.45) is 5.41 Å². The van der Waals surface area contributed by atoms with Crippen LogP contribution >= 0.6 is 0 Å². The lowest BCUT2D eigenvalue weighted by Gasteiger charge is -2.13. The van der Waals surface area contributed by atoms with Crippen molar-refractivity contribution >= 4 is 5.91 Å². The van der Waals surface area contributed by atoms with E-state index < -0.39 is 17.5 Å². The van der Waals surface area contributed by atoms with E-state index in [1.165, 1.54) is 0 Å². The predicted octanol–water partition coefficient (Wildman–Crippen LogP) is 0.437. The highest BCUT2D eigenvalue weighted by atomic mass is 19.4. The number of carbonyl (C=O) groups excluding carboxylic acids is 1. The quantitative estimate of drug-likeness (QED) is 0.689. The van der Waals surface area contributed by atoms with Crippen LogP contribution in [0.2, 0.25) is 0 Å². The maximum absolute atomic E-state index is 11.7. The fourth-order valence-corrected chi connectivity index (χ4v) is 0.936. The van der Waals surface area contributed by atoms with Gasteiger partial charge in [0, 0.05) is 12.0 Å². The van der Waals surface area contributed by atoms with Gasteiger partial charge in [-0.05, 0) is 12.8 Å². The SMILES string of the molecule is O=C(NCC1(CO)CC1)C(F)(F)F. The Kier molecular flexibility index (Phi) is 2.51. The van der Waals surface area contributed by atoms with Crippen LogP contribution in [0.15, 0.2) is 0 Å². The summed E-state index contributed by atoms with van der Waals surface area (Å²) in [5.74, 6) is -1.94. The first kappa shape index (κ1) is 10.3. The highest BCUT2D eigenvalue weighted by molar-refractivity contribution is 5.81. The molecule has 1 aliphatic carbocycles. The molecule has 0 aromatic rings. The molecule has 0 bridgehead atoms. The van der Waals surface area contributed by atoms with Gasteiger partial charge in [0.2, 0.25) is 0 Å². The molecule has 0 aromatic heterocycles. The van der Waals surface area contributed by atoms with Crippen molar-refractivity contribution in [2.45, 2.75) is 19.0 Å². The molecule has 0 aromatic carbocycles. The molecule has 0 saturated heterocycles. The Morgan fingerprint density at radius 3 is 2.31 bits per heavy atom. The van der Waals surface area contributed by atoms with Gasteiger partial charge in [-0.3, -0.25) is 4.79 Å². The number of hydrogen-bond acceptors (Lipinski definition) is 2. The third kappa shape index (κ3) is 2.58. The standard InChI is InChI=1S/C7H10F3NO2/c8-7(9,10)5(13)11-3-6(4-12)1-2-6/h12H,1-4H2,(H,11,13). The number of aliphatic hydroxyl groups is 1. The maximum Gasteiger partial charge on any atom is 0.471 e. The van der Waals surface area contributed by atoms with Gasteiger partial charge in [0.15, 0.2) is 0 Å². The summed E-state index contributed by atoms with van der Waals surface area (Å²) in [7, 11) is 0. The van der Waals surface area contributed by atoms with Crippen LogP contribution in [0.25, 0.3) is 0 Å². The van der Waals surface area contributed by atoms with E-state index in [9.17, 15) is 18.0 Å². The van der Waals surface area contributed by atoms with Crippen molar-refractivity contribution in [3.63, 3.8) is 0 Å². The van der Waals surface area contributed by atoms with E-state index in [-0.39, 0.29) is 13.2 Å². The van der Waals surface area contributed by atoms with E-state index in [2.05, 4.69) is 0 Å². The van der Waals surface area contributed by atoms with Crippen LogP contribution in [0, 0.1) is 5.41 Å². The molecule has 1 aliphatic rings. The normalized spacial score (nSPS) is 19.7. The highest BCUT2D eigenvalue weighted by Crippen LogP contribution is 2.44. The summed E-state index contributed by atoms with van der Waals surface area (Å²) in [6, 6.07) is 0. The summed E-state index contributed by atoms with van der Waals surface area (Å²) < 4.78 is 35.0. The molecule has 0 atom stereocenters. The largest absolute Gasteiger partial charge is 0.471 e. The Labute approximate surface area is 72.9 Å². The molecular weight excluding hydrogens is 187 g/mol. The number of halogens is 3. The van der Waals surface area contributed by atoms with E-state index in [1.807, 2.05) is 0 Å². The van der Waals surface area contributed by atoms with E-state index in [0.29, 0.717) is 12.8 Å². The lowest BCUT2D eigenvalue weighted by Crippen LogP contribution is -2.40. The van der Waals surface area contributed by atoms with Crippen molar-refractivity contribution in [3.8, 4) is 0 Å². The molecule has 1 saturated carbocycles. The Morgan fingerprint density at radius 2 is 2.00 bits per heavy atom. The number of rotatable bonds is 3. The molecular formula is C7H10F3NO2. The van der Waals surface area contributed by atoms with Gasteiger partial charge < -0.3 is 10.4 Å². The van der Waals surface area contributed by atoms with E-state index in [0.717, 1.165) is 0 Å². The van der Waals surface area contributed by atoms with Crippen LogP contribution in [-0.2, 0) is 4.79 Å². The second-order valence-corrected chi connectivity index (χ2v) is 3.34. The molecule has 0 spiro atoms. The van der Waals surface area contributed by atoms with Crippen LogP contribution in [-0.4, -0.2) is 30.3 Å². The van der Waals surface area contributed by atoms with Gasteiger partial charge in [0.1, 0.15) is 0 Å². The van der Waals surface area contributed by atoms with Gasteiger partial charge in [-0.15, -0.1) is 0 Å². The smallest absolute Gasteiger partial charge is 0.396 e. The molecule has 0 aliphatic heterocycles. The zero-order valence-corrected chi connectivity index (χ0v) is 6.82. The van der Waals surface area contributed by atoms with Crippen molar-refractivity contribution in [1.82, 2.24) is 5.32 Å². The molecule has 0 heterocycles. The number of nitrogens with one attached hydrogen (secondary N) is 1. The topological polar surface area (TPSA) is 49.3 Å². The third-order valence-electron chi connectivity index (χ3n) is 2.17. The minimum atomic E-state index is -4.83. The zero-order valence-electron chi connectivity index (χ0n) is 6.82. The Balaban J connectivity index is 2.31. The molecule has 1 amide bonds. The zero-order chi connectivity index (χ0) is 10.1. The average Bonchev–Trinajstić information content (AvgIpc) is 2.79. The van der Waals surface area contributed by atoms with Gasteiger partial charge >= 0.3 is 12.1 Å². The van der Waals surface area contributed by atoms with Crippen LogP contribution in [0.5, 0.6) is 0 Å². The number of alkyl halides is 3. The summed E-state index contributed by atoms with van der Waals surface area (Å²) in [6.45, 7) is -0.271. The lowest BCUT2D eigenvalue weighted by molar-refractivity contribution is -0.173. The number of aliphatic hydroxyl groups excluding tert-OH is 1. The second kappa shape index (κ2) is 3.17. The first-order chi connectivity index (χ1) is 5.90. The average molecular weight is 197 g/mol. The predicted molar refractivity (Wildman–Crippen MR) is 37.8 cm³/mol. The molecule has 1 fully saturated rings. The van der Waals surface area contributed by atoms with Crippen LogP contribution in [0.4, 0.5) is 13.2 Å². The fraction of sp³-hybridized carbons (Fsp3) is 0.857. The number of hydrogen-bond donors (Lipinski definition) is 2. The van der Waals surface area contributed by atoms with Crippen molar-refractivity contribution in [3.05, 3.63) is 0 Å². The minimum absolute atomic E-state index is 0.0954. The molecule has 13 heavy (non-hydrogen) atoms. The third-order valence-corrected chi connectivity index (χ3v) is 2.17. The van der Waals surface area contributed by atoms with Crippen LogP contribution < -0.4 is 5.32 Å². The molecule has 0 unspecified atom stereocenters. The lowest BCUT2D eigenvalue weighted by atomic mass is 10.1. The molecule has 76 valence electrons. The summed E-state index contributed by atoms with van der Waals surface area (Å²) in [5.41, 5.74) is -0.485. The first-order valence-electron chi connectivity index (χ1n) is 3.86. The molecule has 3 nitrogen and oxygen atoms in total. The molecule has 0 radical (unpaired) electrons. The maximum atomic E-state index is 11.7. The highest BCUT2D eigenvalue weighted by Gasteiger charge is 2.45. The van der Waals surface area contributed by atoms with Gasteiger partial charge in [0.25, 0.3) is 0 Å². The summed E-state index contributed by atoms with van der Waals surface area (Å²) >= 11 is 0. The van der Waals surface area contributed by atoms with Gasteiger partial charge in [-0.2, -0.15) is 13.2 Å². The van der Waals surface area contributed by atoms with E-state index in [4.69, 9.17) is 5.11 Å². The van der Waals surface area contributed by atoms with Gasteiger partial charge in [0.05, 0.1) is 6.61 Å². The van der Waals surface area contributed by atoms with Gasteiger partial charge in [-0.25, -0.2) is 0 Å². The van der Waals surface area contributed by atoms with Crippen molar-refractivity contribution in [1.29, 1.82) is 0 Å². The summed E-state index contributed by atoms with van der Waals surface area (Å²) in [5, 5.41) is 10.5. The van der Waals surface area contributed by atoms with Crippen molar-refractivity contribution < 1.29 is 23.1 Å². The Hall–Kier alpha value is -0.780. The second-order valence-electron chi connectivity index (χ2n) is 3.34. The number of carbonyl (C=O) groups is 1. The fourth-order valence-electron chi connectivity index (χ4n) is 0.936. The van der Waals surface area contributed by atoms with Crippen molar-refractivity contribution in [2.75, 3.05) is 13.2 Å². The van der Waals surface area contributed by atoms with E-state index in [1.54, 1.807) is 5.32 Å².